The van der Waals surface area contributed by atoms with Crippen molar-refractivity contribution in [3.05, 3.63) is 23.9 Å². The molecule has 0 radical (unpaired) electrons. The summed E-state index contributed by atoms with van der Waals surface area (Å²) in [5.74, 6) is 0.957. The Labute approximate surface area is 120 Å². The summed E-state index contributed by atoms with van der Waals surface area (Å²) in [4.78, 5) is 20.2. The zero-order valence-electron chi connectivity index (χ0n) is 12.4. The number of hydrogen-bond donors (Lipinski definition) is 1. The van der Waals surface area contributed by atoms with E-state index in [0.29, 0.717) is 12.1 Å². The molecule has 1 aromatic heterocycles. The first-order valence-corrected chi connectivity index (χ1v) is 7.06. The molecule has 2 rings (SSSR count). The van der Waals surface area contributed by atoms with E-state index in [1.807, 2.05) is 19.0 Å². The minimum absolute atomic E-state index is 0.0189. The zero-order valence-corrected chi connectivity index (χ0v) is 12.4. The third kappa shape index (κ3) is 3.28. The molecule has 2 atom stereocenters. The second kappa shape index (κ2) is 6.22. The van der Waals surface area contributed by atoms with Crippen molar-refractivity contribution in [2.75, 3.05) is 32.6 Å². The highest BCUT2D eigenvalue weighted by atomic mass is 16.3. The summed E-state index contributed by atoms with van der Waals surface area (Å²) >= 11 is 0. The Morgan fingerprint density at radius 2 is 2.15 bits per heavy atom. The van der Waals surface area contributed by atoms with Crippen molar-refractivity contribution in [1.82, 2.24) is 9.88 Å². The maximum Gasteiger partial charge on any atom is 0.253 e. The number of aromatic nitrogens is 1. The van der Waals surface area contributed by atoms with Gasteiger partial charge in [0.1, 0.15) is 5.82 Å². The van der Waals surface area contributed by atoms with Crippen molar-refractivity contribution >= 4 is 11.7 Å². The van der Waals surface area contributed by atoms with Crippen molar-refractivity contribution in [3.63, 3.8) is 0 Å². The number of pyridine rings is 1. The van der Waals surface area contributed by atoms with Gasteiger partial charge in [0.2, 0.25) is 0 Å². The Morgan fingerprint density at radius 1 is 1.40 bits per heavy atom. The van der Waals surface area contributed by atoms with Crippen LogP contribution in [0.15, 0.2) is 18.3 Å². The molecule has 0 saturated heterocycles. The second-order valence-corrected chi connectivity index (χ2v) is 5.74. The van der Waals surface area contributed by atoms with E-state index in [4.69, 9.17) is 0 Å². The van der Waals surface area contributed by atoms with Crippen molar-refractivity contribution in [2.45, 2.75) is 25.4 Å². The van der Waals surface area contributed by atoms with Crippen LogP contribution in [-0.2, 0) is 0 Å². The molecule has 1 fully saturated rings. The lowest BCUT2D eigenvalue weighted by Gasteiger charge is -2.23. The molecule has 1 saturated carbocycles. The van der Waals surface area contributed by atoms with E-state index < -0.39 is 0 Å². The lowest BCUT2D eigenvalue weighted by molar-refractivity contribution is 0.0693. The van der Waals surface area contributed by atoms with Gasteiger partial charge in [-0.05, 0) is 25.0 Å². The topological polar surface area (TPSA) is 56.7 Å². The number of aliphatic hydroxyl groups is 1. The first-order chi connectivity index (χ1) is 9.49. The van der Waals surface area contributed by atoms with Gasteiger partial charge in [0.05, 0.1) is 6.10 Å². The highest BCUT2D eigenvalue weighted by Crippen LogP contribution is 2.26. The Morgan fingerprint density at radius 3 is 2.75 bits per heavy atom. The van der Waals surface area contributed by atoms with Crippen LogP contribution in [0.4, 0.5) is 5.82 Å². The van der Waals surface area contributed by atoms with Crippen LogP contribution in [0.3, 0.4) is 0 Å². The molecule has 1 aromatic rings. The number of rotatable bonds is 4. The fourth-order valence-electron chi connectivity index (χ4n) is 2.68. The average Bonchev–Trinajstić information content (AvgIpc) is 2.83. The van der Waals surface area contributed by atoms with E-state index in [2.05, 4.69) is 4.98 Å². The molecule has 1 N–H and O–H groups in total. The van der Waals surface area contributed by atoms with Gasteiger partial charge in [-0.1, -0.05) is 6.42 Å². The van der Waals surface area contributed by atoms with Crippen LogP contribution < -0.4 is 4.90 Å². The van der Waals surface area contributed by atoms with Crippen LogP contribution in [-0.4, -0.2) is 54.7 Å². The van der Waals surface area contributed by atoms with Gasteiger partial charge in [-0.2, -0.15) is 0 Å². The van der Waals surface area contributed by atoms with Gasteiger partial charge in [-0.3, -0.25) is 4.79 Å². The molecule has 0 bridgehead atoms. The van der Waals surface area contributed by atoms with Gasteiger partial charge in [0.15, 0.2) is 0 Å². The zero-order chi connectivity index (χ0) is 14.7. The summed E-state index contributed by atoms with van der Waals surface area (Å²) in [5.41, 5.74) is 0.638. The van der Waals surface area contributed by atoms with Gasteiger partial charge in [0, 0.05) is 45.4 Å². The van der Waals surface area contributed by atoms with E-state index in [9.17, 15) is 9.90 Å². The molecule has 110 valence electrons. The molecular formula is C15H23N3O2. The monoisotopic (exact) mass is 277 g/mol. The minimum Gasteiger partial charge on any atom is -0.393 e. The van der Waals surface area contributed by atoms with Crippen molar-refractivity contribution < 1.29 is 9.90 Å². The third-order valence-corrected chi connectivity index (χ3v) is 3.92. The quantitative estimate of drug-likeness (QED) is 0.903. The maximum atomic E-state index is 12.4. The van der Waals surface area contributed by atoms with Gasteiger partial charge in [-0.15, -0.1) is 0 Å². The molecule has 0 spiro atoms. The van der Waals surface area contributed by atoms with Crippen LogP contribution in [0.25, 0.3) is 0 Å². The molecule has 5 heteroatoms. The first kappa shape index (κ1) is 14.8. The Hall–Kier alpha value is -1.62. The maximum absolute atomic E-state index is 12.4. The number of carbonyl (C=O) groups excluding carboxylic acids is 1. The first-order valence-electron chi connectivity index (χ1n) is 7.06. The summed E-state index contributed by atoms with van der Waals surface area (Å²) in [6.07, 6.45) is 4.29. The van der Waals surface area contributed by atoms with E-state index >= 15 is 0 Å². The molecule has 0 aromatic carbocycles. The van der Waals surface area contributed by atoms with E-state index in [0.717, 1.165) is 25.1 Å². The standard InChI is InChI=1S/C15H23N3O2/c1-17(2)14-9-11(7-8-16-14)15(20)18(3)10-12-5-4-6-13(12)19/h7-9,12-13,19H,4-6,10H2,1-3H3. The van der Waals surface area contributed by atoms with Crippen LogP contribution in [0, 0.1) is 5.92 Å². The third-order valence-electron chi connectivity index (χ3n) is 3.92. The minimum atomic E-state index is -0.264. The van der Waals surface area contributed by atoms with Crippen molar-refractivity contribution in [3.8, 4) is 0 Å². The second-order valence-electron chi connectivity index (χ2n) is 5.74. The SMILES string of the molecule is CN(CC1CCCC1O)C(=O)c1ccnc(N(C)C)c1. The van der Waals surface area contributed by atoms with E-state index in [-0.39, 0.29) is 17.9 Å². The van der Waals surface area contributed by atoms with E-state index in [1.165, 1.54) is 0 Å². The molecule has 1 aliphatic carbocycles. The van der Waals surface area contributed by atoms with Gasteiger partial charge >= 0.3 is 0 Å². The largest absolute Gasteiger partial charge is 0.393 e. The van der Waals surface area contributed by atoms with Crippen LogP contribution >= 0.6 is 0 Å². The fraction of sp³-hybridized carbons (Fsp3) is 0.600. The molecule has 0 aliphatic heterocycles. The summed E-state index contributed by atoms with van der Waals surface area (Å²) in [6, 6.07) is 3.53. The summed E-state index contributed by atoms with van der Waals surface area (Å²) in [5, 5.41) is 9.85. The van der Waals surface area contributed by atoms with Crippen LogP contribution in [0.1, 0.15) is 29.6 Å². The summed E-state index contributed by atoms with van der Waals surface area (Å²) in [7, 11) is 5.59. The molecule has 1 amide bonds. The average molecular weight is 277 g/mol. The fourth-order valence-corrected chi connectivity index (χ4v) is 2.68. The lowest BCUT2D eigenvalue weighted by Crippen LogP contribution is -2.34. The number of amides is 1. The highest BCUT2D eigenvalue weighted by Gasteiger charge is 2.27. The predicted molar refractivity (Wildman–Crippen MR) is 78.9 cm³/mol. The lowest BCUT2D eigenvalue weighted by atomic mass is 10.1. The summed E-state index contributed by atoms with van der Waals surface area (Å²) in [6.45, 7) is 0.611. The van der Waals surface area contributed by atoms with Crippen molar-refractivity contribution in [1.29, 1.82) is 0 Å². The highest BCUT2D eigenvalue weighted by molar-refractivity contribution is 5.94. The van der Waals surface area contributed by atoms with E-state index in [1.54, 1.807) is 30.3 Å². The normalized spacial score (nSPS) is 21.8. The Kier molecular flexibility index (Phi) is 4.60. The molecule has 1 heterocycles. The van der Waals surface area contributed by atoms with Gasteiger partial charge < -0.3 is 14.9 Å². The Balaban J connectivity index is 2.04. The number of carbonyl (C=O) groups is 1. The molecule has 1 aliphatic rings. The summed E-state index contributed by atoms with van der Waals surface area (Å²) < 4.78 is 0. The van der Waals surface area contributed by atoms with Gasteiger partial charge in [0.25, 0.3) is 5.91 Å². The van der Waals surface area contributed by atoms with Crippen molar-refractivity contribution in [2.24, 2.45) is 5.92 Å². The smallest absolute Gasteiger partial charge is 0.253 e. The van der Waals surface area contributed by atoms with Crippen LogP contribution in [0.2, 0.25) is 0 Å². The number of aliphatic hydroxyl groups excluding tert-OH is 1. The molecule has 5 nitrogen and oxygen atoms in total. The molecular weight excluding hydrogens is 254 g/mol. The molecule has 2 unspecified atom stereocenters. The number of hydrogen-bond acceptors (Lipinski definition) is 4. The Bertz CT molecular complexity index is 476. The van der Waals surface area contributed by atoms with Gasteiger partial charge in [-0.25, -0.2) is 4.98 Å². The predicted octanol–water partition coefficient (Wildman–Crippen LogP) is 1.38. The number of anilines is 1. The number of nitrogens with zero attached hydrogens (tertiary/aromatic N) is 3. The van der Waals surface area contributed by atoms with Crippen LogP contribution in [0.5, 0.6) is 0 Å². The molecule has 20 heavy (non-hydrogen) atoms.